The zero-order valence-electron chi connectivity index (χ0n) is 11.3. The molecule has 0 amide bonds. The van der Waals surface area contributed by atoms with Crippen LogP contribution in [0.4, 0.5) is 0 Å². The zero-order valence-corrected chi connectivity index (χ0v) is 11.3. The second-order valence-electron chi connectivity index (χ2n) is 4.93. The average Bonchev–Trinajstić information content (AvgIpc) is 2.29. The van der Waals surface area contributed by atoms with E-state index in [1.165, 1.54) is 11.1 Å². The van der Waals surface area contributed by atoms with Gasteiger partial charge in [-0.1, -0.05) is 26.0 Å². The maximum absolute atomic E-state index is 5.55. The Hall–Kier alpha value is -1.06. The van der Waals surface area contributed by atoms with E-state index >= 15 is 0 Å². The van der Waals surface area contributed by atoms with Gasteiger partial charge in [0.15, 0.2) is 0 Å². The zero-order chi connectivity index (χ0) is 12.9. The van der Waals surface area contributed by atoms with E-state index in [4.69, 9.17) is 10.5 Å². The Bertz CT molecular complexity index is 361. The lowest BCUT2D eigenvalue weighted by atomic mass is 9.84. The van der Waals surface area contributed by atoms with Gasteiger partial charge >= 0.3 is 0 Å². The van der Waals surface area contributed by atoms with E-state index in [1.54, 1.807) is 0 Å². The van der Waals surface area contributed by atoms with Crippen molar-refractivity contribution in [1.29, 1.82) is 0 Å². The number of nitrogens with two attached hydrogens (primary N) is 1. The van der Waals surface area contributed by atoms with Crippen LogP contribution in [0.1, 0.15) is 31.9 Å². The molecule has 1 rings (SSSR count). The molecule has 0 aliphatic rings. The van der Waals surface area contributed by atoms with E-state index in [0.717, 1.165) is 12.3 Å². The van der Waals surface area contributed by atoms with Gasteiger partial charge in [-0.25, -0.2) is 0 Å². The maximum atomic E-state index is 5.55. The van der Waals surface area contributed by atoms with Crippen LogP contribution in [0.25, 0.3) is 0 Å². The first kappa shape index (κ1) is 14.0. The first-order valence-electron chi connectivity index (χ1n) is 6.16. The Morgan fingerprint density at radius 1 is 1.35 bits per heavy atom. The summed E-state index contributed by atoms with van der Waals surface area (Å²) in [5, 5.41) is 3.19. The standard InChI is InChI=1S/C14H24N2O/c1-5-17-13-7-6-12(8-11(13)2)14(3,4)9-16-10-15/h6-8,16H,5,9-10,15H2,1-4H3. The minimum Gasteiger partial charge on any atom is -0.494 e. The number of benzene rings is 1. The number of rotatable bonds is 6. The lowest BCUT2D eigenvalue weighted by molar-refractivity contribution is 0.337. The van der Waals surface area contributed by atoms with Crippen LogP contribution in [-0.2, 0) is 5.41 Å². The van der Waals surface area contributed by atoms with Crippen molar-refractivity contribution in [1.82, 2.24) is 5.32 Å². The molecule has 96 valence electrons. The molecule has 0 aliphatic heterocycles. The van der Waals surface area contributed by atoms with Gasteiger partial charge in [0.2, 0.25) is 0 Å². The molecule has 17 heavy (non-hydrogen) atoms. The quantitative estimate of drug-likeness (QED) is 0.744. The van der Waals surface area contributed by atoms with E-state index < -0.39 is 0 Å². The van der Waals surface area contributed by atoms with Crippen molar-refractivity contribution in [3.05, 3.63) is 29.3 Å². The molecule has 0 aromatic heterocycles. The average molecular weight is 236 g/mol. The lowest BCUT2D eigenvalue weighted by Gasteiger charge is -2.26. The fraction of sp³-hybridized carbons (Fsp3) is 0.571. The predicted molar refractivity (Wildman–Crippen MR) is 72.4 cm³/mol. The van der Waals surface area contributed by atoms with Crippen LogP contribution >= 0.6 is 0 Å². The van der Waals surface area contributed by atoms with Crippen LogP contribution in [-0.4, -0.2) is 19.8 Å². The van der Waals surface area contributed by atoms with Crippen LogP contribution in [0.5, 0.6) is 5.75 Å². The first-order valence-corrected chi connectivity index (χ1v) is 6.16. The van der Waals surface area contributed by atoms with Crippen molar-refractivity contribution in [3.63, 3.8) is 0 Å². The second-order valence-corrected chi connectivity index (χ2v) is 4.93. The minimum absolute atomic E-state index is 0.0782. The van der Waals surface area contributed by atoms with Crippen molar-refractivity contribution in [2.24, 2.45) is 5.73 Å². The van der Waals surface area contributed by atoms with Gasteiger partial charge in [0, 0.05) is 18.6 Å². The van der Waals surface area contributed by atoms with Gasteiger partial charge in [0.05, 0.1) is 6.61 Å². The van der Waals surface area contributed by atoms with Gasteiger partial charge in [-0.3, -0.25) is 0 Å². The molecule has 1 aromatic rings. The normalized spacial score (nSPS) is 11.6. The van der Waals surface area contributed by atoms with Crippen molar-refractivity contribution in [3.8, 4) is 5.75 Å². The lowest BCUT2D eigenvalue weighted by Crippen LogP contribution is -2.36. The molecule has 0 heterocycles. The van der Waals surface area contributed by atoms with Crippen LogP contribution < -0.4 is 15.8 Å². The number of nitrogens with one attached hydrogen (secondary N) is 1. The highest BCUT2D eigenvalue weighted by atomic mass is 16.5. The van der Waals surface area contributed by atoms with Gasteiger partial charge in [-0.05, 0) is 31.0 Å². The van der Waals surface area contributed by atoms with Gasteiger partial charge in [-0.15, -0.1) is 0 Å². The summed E-state index contributed by atoms with van der Waals surface area (Å²) in [6, 6.07) is 6.39. The van der Waals surface area contributed by atoms with Gasteiger partial charge in [0.25, 0.3) is 0 Å². The highest BCUT2D eigenvalue weighted by Gasteiger charge is 2.20. The van der Waals surface area contributed by atoms with Crippen molar-refractivity contribution >= 4 is 0 Å². The molecule has 3 N–H and O–H groups in total. The Morgan fingerprint density at radius 3 is 2.59 bits per heavy atom. The monoisotopic (exact) mass is 236 g/mol. The van der Waals surface area contributed by atoms with Gasteiger partial charge in [0.1, 0.15) is 5.75 Å². The molecule has 0 atom stereocenters. The number of hydrogen-bond donors (Lipinski definition) is 2. The minimum atomic E-state index is 0.0782. The number of ether oxygens (including phenoxy) is 1. The van der Waals surface area contributed by atoms with Crippen molar-refractivity contribution < 1.29 is 4.74 Å². The number of aryl methyl sites for hydroxylation is 1. The summed E-state index contributed by atoms with van der Waals surface area (Å²) >= 11 is 0. The van der Waals surface area contributed by atoms with Crippen LogP contribution in [0.3, 0.4) is 0 Å². The smallest absolute Gasteiger partial charge is 0.122 e. The molecule has 1 aromatic carbocycles. The largest absolute Gasteiger partial charge is 0.494 e. The summed E-state index contributed by atoms with van der Waals surface area (Å²) in [4.78, 5) is 0. The van der Waals surface area contributed by atoms with E-state index in [9.17, 15) is 0 Å². The predicted octanol–water partition coefficient (Wildman–Crippen LogP) is 2.18. The molecule has 3 heteroatoms. The maximum Gasteiger partial charge on any atom is 0.122 e. The molecule has 3 nitrogen and oxygen atoms in total. The third-order valence-electron chi connectivity index (χ3n) is 2.97. The second kappa shape index (κ2) is 6.03. The summed E-state index contributed by atoms with van der Waals surface area (Å²) in [5.74, 6) is 0.971. The van der Waals surface area contributed by atoms with Crippen LogP contribution in [0.15, 0.2) is 18.2 Å². The van der Waals surface area contributed by atoms with Crippen LogP contribution in [0, 0.1) is 6.92 Å². The molecule has 0 aliphatic carbocycles. The van der Waals surface area contributed by atoms with Crippen LogP contribution in [0.2, 0.25) is 0 Å². The SMILES string of the molecule is CCOc1ccc(C(C)(C)CNCN)cc1C. The molecule has 0 spiro atoms. The fourth-order valence-electron chi connectivity index (χ4n) is 1.87. The molecule has 0 saturated carbocycles. The van der Waals surface area contributed by atoms with E-state index in [1.807, 2.05) is 6.92 Å². The third kappa shape index (κ3) is 3.72. The van der Waals surface area contributed by atoms with Crippen molar-refractivity contribution in [2.75, 3.05) is 19.8 Å². The number of hydrogen-bond acceptors (Lipinski definition) is 3. The molecule has 0 saturated heterocycles. The molecular weight excluding hydrogens is 212 g/mol. The van der Waals surface area contributed by atoms with E-state index in [2.05, 4.69) is 44.3 Å². The highest BCUT2D eigenvalue weighted by Crippen LogP contribution is 2.27. The molecule has 0 bridgehead atoms. The molecule has 0 radical (unpaired) electrons. The molecule has 0 fully saturated rings. The fourth-order valence-corrected chi connectivity index (χ4v) is 1.87. The Labute approximate surface area is 104 Å². The summed E-state index contributed by atoms with van der Waals surface area (Å²) in [5.41, 5.74) is 8.04. The Kier molecular flexibility index (Phi) is 4.97. The van der Waals surface area contributed by atoms with Gasteiger partial charge < -0.3 is 15.8 Å². The topological polar surface area (TPSA) is 47.3 Å². The molecule has 0 unspecified atom stereocenters. The molecular formula is C14H24N2O. The third-order valence-corrected chi connectivity index (χ3v) is 2.97. The van der Waals surface area contributed by atoms with Gasteiger partial charge in [-0.2, -0.15) is 0 Å². The summed E-state index contributed by atoms with van der Waals surface area (Å²) in [7, 11) is 0. The summed E-state index contributed by atoms with van der Waals surface area (Å²) < 4.78 is 5.55. The Morgan fingerprint density at radius 2 is 2.06 bits per heavy atom. The highest BCUT2D eigenvalue weighted by molar-refractivity contribution is 5.39. The van der Waals surface area contributed by atoms with E-state index in [-0.39, 0.29) is 5.41 Å². The summed E-state index contributed by atoms with van der Waals surface area (Å²) in [6.07, 6.45) is 0. The Balaban J connectivity index is 2.88. The first-order chi connectivity index (χ1) is 8.01. The van der Waals surface area contributed by atoms with E-state index in [0.29, 0.717) is 13.3 Å². The summed E-state index contributed by atoms with van der Waals surface area (Å²) in [6.45, 7) is 10.6. The van der Waals surface area contributed by atoms with Crippen molar-refractivity contribution in [2.45, 2.75) is 33.1 Å².